The molecular weight excluding hydrogens is 302 g/mol. The molecule has 8 heteroatoms. The van der Waals surface area contributed by atoms with Gasteiger partial charge in [0.1, 0.15) is 12.1 Å². The van der Waals surface area contributed by atoms with Gasteiger partial charge in [-0.1, -0.05) is 34.1 Å². The number of nitrogens with two attached hydrogens (primary N) is 1. The molecule has 0 aliphatic rings. The number of hydrogen-bond acceptors (Lipinski definition) is 5. The minimum atomic E-state index is -1.41. The Morgan fingerprint density at radius 3 is 2.04 bits per heavy atom. The summed E-state index contributed by atoms with van der Waals surface area (Å²) in [6.07, 6.45) is 1.09. The first-order valence-electron chi connectivity index (χ1n) is 7.83. The first kappa shape index (κ1) is 21.3. The largest absolute Gasteiger partial charge is 0.480 e. The lowest BCUT2D eigenvalue weighted by Gasteiger charge is -2.26. The van der Waals surface area contributed by atoms with Crippen LogP contribution in [-0.2, 0) is 14.4 Å². The van der Waals surface area contributed by atoms with Crippen molar-refractivity contribution in [2.24, 2.45) is 17.6 Å². The fourth-order valence-electron chi connectivity index (χ4n) is 2.02. The van der Waals surface area contributed by atoms with Crippen LogP contribution in [-0.4, -0.2) is 52.7 Å². The predicted octanol–water partition coefficient (Wildman–Crippen LogP) is -0.548. The Morgan fingerprint density at radius 2 is 1.65 bits per heavy atom. The molecule has 8 nitrogen and oxygen atoms in total. The zero-order valence-electron chi connectivity index (χ0n) is 14.2. The van der Waals surface area contributed by atoms with E-state index in [4.69, 9.17) is 15.9 Å². The number of aliphatic hydroxyl groups is 1. The SMILES string of the molecule is CCC(C)C(NC(=O)C(N)CC(C)C)C(=O)NC(CO)C(=O)O. The second-order valence-corrected chi connectivity index (χ2v) is 6.19. The summed E-state index contributed by atoms with van der Waals surface area (Å²) < 4.78 is 0. The molecule has 4 unspecified atom stereocenters. The van der Waals surface area contributed by atoms with Gasteiger partial charge in [0.15, 0.2) is 0 Å². The number of carbonyl (C=O) groups excluding carboxylic acids is 2. The molecule has 23 heavy (non-hydrogen) atoms. The molecule has 134 valence electrons. The van der Waals surface area contributed by atoms with Gasteiger partial charge in [-0.15, -0.1) is 0 Å². The molecule has 0 saturated heterocycles. The van der Waals surface area contributed by atoms with Crippen LogP contribution in [0.5, 0.6) is 0 Å². The summed E-state index contributed by atoms with van der Waals surface area (Å²) in [5.74, 6) is -2.41. The van der Waals surface area contributed by atoms with Crippen molar-refractivity contribution in [1.29, 1.82) is 0 Å². The molecular formula is C15H29N3O5. The van der Waals surface area contributed by atoms with E-state index in [0.717, 1.165) is 0 Å². The number of aliphatic hydroxyl groups excluding tert-OH is 1. The van der Waals surface area contributed by atoms with Crippen LogP contribution in [0.1, 0.15) is 40.5 Å². The molecule has 0 spiro atoms. The summed E-state index contributed by atoms with van der Waals surface area (Å²) in [5.41, 5.74) is 5.81. The van der Waals surface area contributed by atoms with Gasteiger partial charge in [0.2, 0.25) is 11.8 Å². The maximum atomic E-state index is 12.3. The van der Waals surface area contributed by atoms with Gasteiger partial charge in [0.05, 0.1) is 12.6 Å². The number of hydrogen-bond donors (Lipinski definition) is 5. The van der Waals surface area contributed by atoms with Gasteiger partial charge in [-0.25, -0.2) is 4.79 Å². The lowest BCUT2D eigenvalue weighted by atomic mass is 9.96. The van der Waals surface area contributed by atoms with Crippen LogP contribution >= 0.6 is 0 Å². The quantitative estimate of drug-likeness (QED) is 0.364. The van der Waals surface area contributed by atoms with Crippen LogP contribution in [0.15, 0.2) is 0 Å². The highest BCUT2D eigenvalue weighted by Gasteiger charge is 2.30. The number of amides is 2. The lowest BCUT2D eigenvalue weighted by Crippen LogP contribution is -2.57. The normalized spacial score (nSPS) is 16.3. The molecule has 0 saturated carbocycles. The number of carbonyl (C=O) groups is 3. The summed E-state index contributed by atoms with van der Waals surface area (Å²) in [7, 11) is 0. The third-order valence-electron chi connectivity index (χ3n) is 3.65. The second kappa shape index (κ2) is 10.2. The van der Waals surface area contributed by atoms with Crippen molar-refractivity contribution < 1.29 is 24.6 Å². The maximum Gasteiger partial charge on any atom is 0.328 e. The van der Waals surface area contributed by atoms with E-state index < -0.39 is 42.5 Å². The van der Waals surface area contributed by atoms with Crippen molar-refractivity contribution in [3.63, 3.8) is 0 Å². The van der Waals surface area contributed by atoms with E-state index in [0.29, 0.717) is 12.8 Å². The van der Waals surface area contributed by atoms with E-state index >= 15 is 0 Å². The predicted molar refractivity (Wildman–Crippen MR) is 85.5 cm³/mol. The summed E-state index contributed by atoms with van der Waals surface area (Å²) in [5, 5.41) is 22.7. The molecule has 0 heterocycles. The average Bonchev–Trinajstić information content (AvgIpc) is 2.47. The molecule has 0 aromatic heterocycles. The van der Waals surface area contributed by atoms with E-state index in [-0.39, 0.29) is 11.8 Å². The molecule has 6 N–H and O–H groups in total. The first-order valence-corrected chi connectivity index (χ1v) is 7.83. The van der Waals surface area contributed by atoms with E-state index in [1.165, 1.54) is 0 Å². The van der Waals surface area contributed by atoms with Crippen LogP contribution in [0.2, 0.25) is 0 Å². The van der Waals surface area contributed by atoms with Crippen LogP contribution in [0.25, 0.3) is 0 Å². The monoisotopic (exact) mass is 331 g/mol. The Bertz CT molecular complexity index is 414. The van der Waals surface area contributed by atoms with Gasteiger partial charge >= 0.3 is 5.97 Å². The Kier molecular flexibility index (Phi) is 9.43. The van der Waals surface area contributed by atoms with Gasteiger partial charge < -0.3 is 26.6 Å². The highest BCUT2D eigenvalue weighted by atomic mass is 16.4. The lowest BCUT2D eigenvalue weighted by molar-refractivity contribution is -0.143. The topological polar surface area (TPSA) is 142 Å². The number of aliphatic carboxylic acids is 1. The van der Waals surface area contributed by atoms with E-state index in [1.54, 1.807) is 6.92 Å². The smallest absolute Gasteiger partial charge is 0.328 e. The van der Waals surface area contributed by atoms with Gasteiger partial charge in [-0.05, 0) is 18.3 Å². The number of carboxylic acids is 1. The van der Waals surface area contributed by atoms with Crippen molar-refractivity contribution in [3.8, 4) is 0 Å². The zero-order chi connectivity index (χ0) is 18.2. The summed E-state index contributed by atoms with van der Waals surface area (Å²) in [6, 6.07) is -3.04. The Balaban J connectivity index is 4.97. The standard InChI is InChI=1S/C15H29N3O5/c1-5-9(4)12(14(21)17-11(7-19)15(22)23)18-13(20)10(16)6-8(2)3/h8-12,19H,5-7,16H2,1-4H3,(H,17,21)(H,18,20)(H,22,23). The molecule has 0 aromatic carbocycles. The van der Waals surface area contributed by atoms with Crippen molar-refractivity contribution >= 4 is 17.8 Å². The van der Waals surface area contributed by atoms with Crippen molar-refractivity contribution in [2.75, 3.05) is 6.61 Å². The minimum Gasteiger partial charge on any atom is -0.480 e. The van der Waals surface area contributed by atoms with Gasteiger partial charge in [-0.3, -0.25) is 9.59 Å². The minimum absolute atomic E-state index is 0.210. The average molecular weight is 331 g/mol. The zero-order valence-corrected chi connectivity index (χ0v) is 14.2. The van der Waals surface area contributed by atoms with E-state index in [1.807, 2.05) is 20.8 Å². The van der Waals surface area contributed by atoms with Crippen LogP contribution in [0.4, 0.5) is 0 Å². The van der Waals surface area contributed by atoms with Gasteiger partial charge in [-0.2, -0.15) is 0 Å². The highest BCUT2D eigenvalue weighted by molar-refractivity contribution is 5.91. The third kappa shape index (κ3) is 7.43. The molecule has 0 fully saturated rings. The van der Waals surface area contributed by atoms with Crippen molar-refractivity contribution in [2.45, 2.75) is 58.7 Å². The highest BCUT2D eigenvalue weighted by Crippen LogP contribution is 2.10. The summed E-state index contributed by atoms with van der Waals surface area (Å²) in [4.78, 5) is 35.3. The van der Waals surface area contributed by atoms with Crippen LogP contribution < -0.4 is 16.4 Å². The first-order chi connectivity index (χ1) is 10.6. The number of carboxylic acid groups (broad SMARTS) is 1. The Morgan fingerprint density at radius 1 is 1.09 bits per heavy atom. The van der Waals surface area contributed by atoms with Gasteiger partial charge in [0.25, 0.3) is 0 Å². The fourth-order valence-corrected chi connectivity index (χ4v) is 2.02. The molecule has 0 aromatic rings. The third-order valence-corrected chi connectivity index (χ3v) is 3.65. The molecule has 4 atom stereocenters. The fraction of sp³-hybridized carbons (Fsp3) is 0.800. The Hall–Kier alpha value is -1.67. The molecule has 0 radical (unpaired) electrons. The molecule has 0 aliphatic heterocycles. The molecule has 0 aliphatic carbocycles. The molecule has 0 bridgehead atoms. The van der Waals surface area contributed by atoms with Crippen LogP contribution in [0.3, 0.4) is 0 Å². The summed E-state index contributed by atoms with van der Waals surface area (Å²) in [6.45, 7) is 6.77. The van der Waals surface area contributed by atoms with Crippen molar-refractivity contribution in [3.05, 3.63) is 0 Å². The Labute approximate surface area is 136 Å². The van der Waals surface area contributed by atoms with Gasteiger partial charge in [0, 0.05) is 0 Å². The molecule has 0 rings (SSSR count). The molecule has 2 amide bonds. The summed E-state index contributed by atoms with van der Waals surface area (Å²) >= 11 is 0. The second-order valence-electron chi connectivity index (χ2n) is 6.19. The maximum absolute atomic E-state index is 12.3. The van der Waals surface area contributed by atoms with E-state index in [9.17, 15) is 14.4 Å². The van der Waals surface area contributed by atoms with Crippen molar-refractivity contribution in [1.82, 2.24) is 10.6 Å². The van der Waals surface area contributed by atoms with Crippen LogP contribution in [0, 0.1) is 11.8 Å². The number of nitrogens with one attached hydrogen (secondary N) is 2. The number of rotatable bonds is 10. The van der Waals surface area contributed by atoms with E-state index in [2.05, 4.69) is 10.6 Å².